The first kappa shape index (κ1) is 17.0. The summed E-state index contributed by atoms with van der Waals surface area (Å²) in [7, 11) is 1.65. The van der Waals surface area contributed by atoms with Crippen LogP contribution in [-0.4, -0.2) is 18.8 Å². The maximum absolute atomic E-state index is 10.4. The van der Waals surface area contributed by atoms with Crippen molar-refractivity contribution in [2.24, 2.45) is 0 Å². The van der Waals surface area contributed by atoms with Crippen LogP contribution in [-0.2, 0) is 12.8 Å². The first-order chi connectivity index (χ1) is 11.7. The highest BCUT2D eigenvalue weighted by molar-refractivity contribution is 5.35. The van der Waals surface area contributed by atoms with Gasteiger partial charge < -0.3 is 15.2 Å². The molecule has 3 heteroatoms. The molecule has 0 saturated carbocycles. The van der Waals surface area contributed by atoms with E-state index in [4.69, 9.17) is 4.74 Å². The summed E-state index contributed by atoms with van der Waals surface area (Å²) >= 11 is 0. The third kappa shape index (κ3) is 3.97. The zero-order chi connectivity index (χ0) is 16.9. The number of nitrogens with one attached hydrogen (secondary N) is 1. The Morgan fingerprint density at radius 1 is 1.00 bits per heavy atom. The Labute approximate surface area is 144 Å². The number of benzene rings is 2. The largest absolute Gasteiger partial charge is 0.497 e. The van der Waals surface area contributed by atoms with Crippen molar-refractivity contribution in [1.29, 1.82) is 0 Å². The molecule has 0 heterocycles. The molecule has 0 fully saturated rings. The second-order valence-electron chi connectivity index (χ2n) is 6.65. The van der Waals surface area contributed by atoms with Gasteiger partial charge in [-0.3, -0.25) is 0 Å². The minimum absolute atomic E-state index is 0.227. The summed E-state index contributed by atoms with van der Waals surface area (Å²) in [4.78, 5) is 0. The van der Waals surface area contributed by atoms with E-state index in [-0.39, 0.29) is 6.04 Å². The summed E-state index contributed by atoms with van der Waals surface area (Å²) in [5.41, 5.74) is 5.22. The number of fused-ring (bicyclic) bond motifs is 1. The van der Waals surface area contributed by atoms with E-state index in [1.54, 1.807) is 7.11 Å². The maximum atomic E-state index is 10.4. The number of aryl methyl sites for hydroxylation is 2. The van der Waals surface area contributed by atoms with E-state index in [2.05, 4.69) is 30.4 Å². The summed E-state index contributed by atoms with van der Waals surface area (Å²) in [5, 5.41) is 13.8. The van der Waals surface area contributed by atoms with E-state index in [9.17, 15) is 5.11 Å². The van der Waals surface area contributed by atoms with Gasteiger partial charge >= 0.3 is 0 Å². The summed E-state index contributed by atoms with van der Waals surface area (Å²) in [6.07, 6.45) is 4.51. The fourth-order valence-electron chi connectivity index (χ4n) is 3.37. The van der Waals surface area contributed by atoms with Crippen LogP contribution in [0.2, 0.25) is 0 Å². The van der Waals surface area contributed by atoms with Gasteiger partial charge in [0.2, 0.25) is 0 Å². The molecule has 0 radical (unpaired) electrons. The molecule has 0 amide bonds. The van der Waals surface area contributed by atoms with Gasteiger partial charge in [-0.25, -0.2) is 0 Å². The number of aliphatic hydroxyl groups is 1. The van der Waals surface area contributed by atoms with Gasteiger partial charge in [-0.1, -0.05) is 30.3 Å². The van der Waals surface area contributed by atoms with Crippen LogP contribution < -0.4 is 10.1 Å². The number of hydrogen-bond donors (Lipinski definition) is 2. The Morgan fingerprint density at radius 2 is 1.67 bits per heavy atom. The smallest absolute Gasteiger partial charge is 0.118 e. The van der Waals surface area contributed by atoms with Crippen LogP contribution in [0.1, 0.15) is 54.2 Å². The topological polar surface area (TPSA) is 41.5 Å². The molecule has 0 aliphatic heterocycles. The molecule has 128 valence electrons. The highest BCUT2D eigenvalue weighted by Crippen LogP contribution is 2.25. The van der Waals surface area contributed by atoms with Gasteiger partial charge in [-0.15, -0.1) is 0 Å². The van der Waals surface area contributed by atoms with E-state index >= 15 is 0 Å². The fraction of sp³-hybridized carbons (Fsp3) is 0.429. The lowest BCUT2D eigenvalue weighted by atomic mass is 9.89. The van der Waals surface area contributed by atoms with Crippen LogP contribution in [0.15, 0.2) is 42.5 Å². The van der Waals surface area contributed by atoms with Crippen LogP contribution in [0.5, 0.6) is 5.75 Å². The van der Waals surface area contributed by atoms with Crippen molar-refractivity contribution in [3.8, 4) is 5.75 Å². The van der Waals surface area contributed by atoms with Crippen LogP contribution in [0.4, 0.5) is 0 Å². The number of ether oxygens (including phenoxy) is 1. The standard InChI is InChI=1S/C21H27NO2/c1-15(18-8-7-16-5-3-4-6-19(16)13-18)22-14-21(23)17-9-11-20(24-2)12-10-17/h7-13,15,21-23H,3-6,14H2,1-2H3. The summed E-state index contributed by atoms with van der Waals surface area (Å²) < 4.78 is 5.15. The van der Waals surface area contributed by atoms with Crippen LogP contribution in [0.3, 0.4) is 0 Å². The average molecular weight is 325 g/mol. The SMILES string of the molecule is COc1ccc(C(O)CNC(C)c2ccc3c(c2)CCCC3)cc1. The predicted molar refractivity (Wildman–Crippen MR) is 97.5 cm³/mol. The highest BCUT2D eigenvalue weighted by Gasteiger charge is 2.14. The van der Waals surface area contributed by atoms with E-state index in [1.165, 1.54) is 42.4 Å². The Morgan fingerprint density at radius 3 is 2.38 bits per heavy atom. The van der Waals surface area contributed by atoms with Crippen molar-refractivity contribution in [3.05, 3.63) is 64.7 Å². The molecule has 1 aliphatic carbocycles. The molecule has 2 atom stereocenters. The van der Waals surface area contributed by atoms with E-state index in [1.807, 2.05) is 24.3 Å². The maximum Gasteiger partial charge on any atom is 0.118 e. The molecule has 2 aromatic rings. The third-order valence-corrected chi connectivity index (χ3v) is 4.99. The minimum atomic E-state index is -0.518. The van der Waals surface area contributed by atoms with Gasteiger partial charge in [-0.2, -0.15) is 0 Å². The highest BCUT2D eigenvalue weighted by atomic mass is 16.5. The molecule has 3 nitrogen and oxygen atoms in total. The zero-order valence-electron chi connectivity index (χ0n) is 14.6. The van der Waals surface area contributed by atoms with Gasteiger partial charge in [0.1, 0.15) is 5.75 Å². The molecule has 24 heavy (non-hydrogen) atoms. The van der Waals surface area contributed by atoms with Crippen molar-refractivity contribution in [2.45, 2.75) is 44.8 Å². The summed E-state index contributed by atoms with van der Waals surface area (Å²) in [6, 6.07) is 14.7. The van der Waals surface area contributed by atoms with Gasteiger partial charge in [0.25, 0.3) is 0 Å². The van der Waals surface area contributed by atoms with Crippen molar-refractivity contribution < 1.29 is 9.84 Å². The lowest BCUT2D eigenvalue weighted by Gasteiger charge is -2.21. The zero-order valence-corrected chi connectivity index (χ0v) is 14.6. The number of methoxy groups -OCH3 is 1. The van der Waals surface area contributed by atoms with Crippen LogP contribution in [0, 0.1) is 0 Å². The molecule has 2 N–H and O–H groups in total. The molecule has 1 aliphatic rings. The van der Waals surface area contributed by atoms with Crippen molar-refractivity contribution in [3.63, 3.8) is 0 Å². The first-order valence-corrected chi connectivity index (χ1v) is 8.84. The molecular formula is C21H27NO2. The Bertz CT molecular complexity index is 666. The minimum Gasteiger partial charge on any atom is -0.497 e. The predicted octanol–water partition coefficient (Wildman–Crippen LogP) is 3.96. The second kappa shape index (κ2) is 7.82. The number of rotatable bonds is 6. The third-order valence-electron chi connectivity index (χ3n) is 4.99. The molecule has 0 aromatic heterocycles. The van der Waals surface area contributed by atoms with Gasteiger partial charge in [0.15, 0.2) is 0 Å². The van der Waals surface area contributed by atoms with Crippen molar-refractivity contribution in [2.75, 3.05) is 13.7 Å². The van der Waals surface area contributed by atoms with Crippen molar-refractivity contribution in [1.82, 2.24) is 5.32 Å². The molecule has 0 saturated heterocycles. The molecule has 0 spiro atoms. The summed E-state index contributed by atoms with van der Waals surface area (Å²) in [5.74, 6) is 0.807. The fourth-order valence-corrected chi connectivity index (χ4v) is 3.37. The van der Waals surface area contributed by atoms with Crippen molar-refractivity contribution >= 4 is 0 Å². The number of aliphatic hydroxyl groups excluding tert-OH is 1. The van der Waals surface area contributed by atoms with Crippen LogP contribution in [0.25, 0.3) is 0 Å². The number of hydrogen-bond acceptors (Lipinski definition) is 3. The monoisotopic (exact) mass is 325 g/mol. The second-order valence-corrected chi connectivity index (χ2v) is 6.65. The molecule has 3 rings (SSSR count). The van der Waals surface area contributed by atoms with Crippen LogP contribution >= 0.6 is 0 Å². The van der Waals surface area contributed by atoms with E-state index in [0.29, 0.717) is 6.54 Å². The Kier molecular flexibility index (Phi) is 5.54. The lowest BCUT2D eigenvalue weighted by molar-refractivity contribution is 0.170. The van der Waals surface area contributed by atoms with E-state index in [0.717, 1.165) is 11.3 Å². The van der Waals surface area contributed by atoms with E-state index < -0.39 is 6.10 Å². The summed E-state index contributed by atoms with van der Waals surface area (Å²) in [6.45, 7) is 2.69. The van der Waals surface area contributed by atoms with Gasteiger partial charge in [-0.05, 0) is 67.0 Å². The molecular weight excluding hydrogens is 298 g/mol. The average Bonchev–Trinajstić information content (AvgIpc) is 2.65. The molecule has 0 bridgehead atoms. The first-order valence-electron chi connectivity index (χ1n) is 8.84. The quantitative estimate of drug-likeness (QED) is 0.845. The Balaban J connectivity index is 1.59. The van der Waals surface area contributed by atoms with Gasteiger partial charge in [0, 0.05) is 12.6 Å². The lowest BCUT2D eigenvalue weighted by Crippen LogP contribution is -2.25. The van der Waals surface area contributed by atoms with Gasteiger partial charge in [0.05, 0.1) is 13.2 Å². The molecule has 2 aromatic carbocycles. The normalized spacial score (nSPS) is 16.3. The molecule has 2 unspecified atom stereocenters. The Hall–Kier alpha value is -1.84.